The van der Waals surface area contributed by atoms with Gasteiger partial charge in [-0.25, -0.2) is 0 Å². The Labute approximate surface area is 287 Å². The molecular formula is C45H25N5. The molecule has 7 aromatic carbocycles. The van der Waals surface area contributed by atoms with Gasteiger partial charge in [0.1, 0.15) is 0 Å². The van der Waals surface area contributed by atoms with E-state index in [1.807, 2.05) is 48.5 Å². The number of hydrogen-bond acceptors (Lipinski definition) is 3. The third-order valence-electron chi connectivity index (χ3n) is 9.60. The molecule has 0 saturated heterocycles. The van der Waals surface area contributed by atoms with Gasteiger partial charge in [0, 0.05) is 32.8 Å². The van der Waals surface area contributed by atoms with E-state index in [1.54, 1.807) is 0 Å². The first kappa shape index (κ1) is 28.8. The average Bonchev–Trinajstić information content (AvgIpc) is 3.69. The monoisotopic (exact) mass is 635 g/mol. The molecule has 0 N–H and O–H groups in total. The largest absolute Gasteiger partial charge is 0.309 e. The summed E-state index contributed by atoms with van der Waals surface area (Å²) in [6.07, 6.45) is 0. The van der Waals surface area contributed by atoms with Crippen LogP contribution in [0.15, 0.2) is 152 Å². The summed E-state index contributed by atoms with van der Waals surface area (Å²) in [6.45, 7) is 0. The van der Waals surface area contributed by atoms with Crippen LogP contribution in [0, 0.1) is 34.0 Å². The van der Waals surface area contributed by atoms with Gasteiger partial charge in [-0.2, -0.15) is 15.8 Å². The van der Waals surface area contributed by atoms with Crippen molar-refractivity contribution in [3.05, 3.63) is 168 Å². The lowest BCUT2D eigenvalue weighted by Crippen LogP contribution is -1.99. The Morgan fingerprint density at radius 1 is 0.360 bits per heavy atom. The van der Waals surface area contributed by atoms with E-state index in [1.165, 1.54) is 0 Å². The van der Waals surface area contributed by atoms with E-state index in [2.05, 4.69) is 130 Å². The van der Waals surface area contributed by atoms with Gasteiger partial charge in [-0.1, -0.05) is 84.9 Å². The summed E-state index contributed by atoms with van der Waals surface area (Å²) in [5, 5.41) is 33.7. The van der Waals surface area contributed by atoms with Gasteiger partial charge in [0.25, 0.3) is 0 Å². The molecule has 0 atom stereocenters. The molecule has 0 aliphatic carbocycles. The summed E-state index contributed by atoms with van der Waals surface area (Å²) in [6, 6.07) is 57.9. The third-order valence-corrected chi connectivity index (χ3v) is 9.60. The van der Waals surface area contributed by atoms with Gasteiger partial charge in [0.05, 0.1) is 62.7 Å². The van der Waals surface area contributed by atoms with Crippen LogP contribution in [0.3, 0.4) is 0 Å². The van der Waals surface area contributed by atoms with Gasteiger partial charge in [-0.3, -0.25) is 0 Å². The van der Waals surface area contributed by atoms with Gasteiger partial charge in [-0.15, -0.1) is 0 Å². The standard InChI is InChI=1S/C45H25N5/c46-26-29-18-21-43-40(22-29)39-20-17-30(27-47)23-44(39)49(43)33-9-7-8-32(25-33)34-10-1-2-11-35(34)38-19-16-31(28-48)24-45(38)50-41-14-5-3-12-36(41)37-13-4-6-15-42(37)50/h1-25H. The van der Waals surface area contributed by atoms with Gasteiger partial charge in [0.15, 0.2) is 0 Å². The van der Waals surface area contributed by atoms with Crippen molar-refractivity contribution in [2.75, 3.05) is 0 Å². The quantitative estimate of drug-likeness (QED) is 0.193. The lowest BCUT2D eigenvalue weighted by atomic mass is 9.92. The first-order chi connectivity index (χ1) is 24.7. The zero-order chi connectivity index (χ0) is 33.8. The molecule has 9 aromatic rings. The minimum absolute atomic E-state index is 0.571. The molecule has 2 aromatic heterocycles. The predicted octanol–water partition coefficient (Wildman–Crippen LogP) is 10.8. The van der Waals surface area contributed by atoms with Crippen molar-refractivity contribution in [3.8, 4) is 51.8 Å². The SMILES string of the molecule is N#Cc1ccc(-c2ccccc2-c2cccc(-n3c4ccc(C#N)cc4c4ccc(C#N)cc43)c2)c(-n2c3ccccc3c3ccccc32)c1. The Morgan fingerprint density at radius 3 is 1.68 bits per heavy atom. The number of nitrogens with zero attached hydrogens (tertiary/aromatic N) is 5. The lowest BCUT2D eigenvalue weighted by Gasteiger charge is -2.18. The van der Waals surface area contributed by atoms with Crippen molar-refractivity contribution in [2.45, 2.75) is 0 Å². The molecule has 0 aliphatic heterocycles. The van der Waals surface area contributed by atoms with Crippen LogP contribution in [-0.4, -0.2) is 9.13 Å². The highest BCUT2D eigenvalue weighted by atomic mass is 15.0. The van der Waals surface area contributed by atoms with Crippen molar-refractivity contribution >= 4 is 43.6 Å². The van der Waals surface area contributed by atoms with Crippen LogP contribution in [-0.2, 0) is 0 Å². The Balaban J connectivity index is 1.28. The maximum atomic E-state index is 10.0. The second kappa shape index (κ2) is 11.4. The normalized spacial score (nSPS) is 11.1. The molecule has 0 saturated carbocycles. The minimum Gasteiger partial charge on any atom is -0.309 e. The van der Waals surface area contributed by atoms with Crippen LogP contribution in [0.1, 0.15) is 16.7 Å². The maximum absolute atomic E-state index is 10.0. The molecule has 0 bridgehead atoms. The van der Waals surface area contributed by atoms with Crippen LogP contribution >= 0.6 is 0 Å². The van der Waals surface area contributed by atoms with Crippen molar-refractivity contribution < 1.29 is 0 Å². The molecule has 0 fully saturated rings. The fourth-order valence-electron chi connectivity index (χ4n) is 7.42. The fourth-order valence-corrected chi connectivity index (χ4v) is 7.42. The van der Waals surface area contributed by atoms with E-state index >= 15 is 0 Å². The van der Waals surface area contributed by atoms with E-state index < -0.39 is 0 Å². The lowest BCUT2D eigenvalue weighted by molar-refractivity contribution is 1.18. The zero-order valence-corrected chi connectivity index (χ0v) is 26.7. The molecule has 0 amide bonds. The molecule has 0 aliphatic rings. The number of hydrogen-bond donors (Lipinski definition) is 0. The summed E-state index contributed by atoms with van der Waals surface area (Å²) >= 11 is 0. The van der Waals surface area contributed by atoms with E-state index in [0.29, 0.717) is 16.7 Å². The molecule has 2 heterocycles. The fraction of sp³-hybridized carbons (Fsp3) is 0. The molecular weight excluding hydrogens is 611 g/mol. The van der Waals surface area contributed by atoms with Crippen LogP contribution in [0.2, 0.25) is 0 Å². The Bertz CT molecular complexity index is 2920. The van der Waals surface area contributed by atoms with Gasteiger partial charge < -0.3 is 9.13 Å². The number of para-hydroxylation sites is 2. The molecule has 0 radical (unpaired) electrons. The van der Waals surface area contributed by atoms with Crippen LogP contribution < -0.4 is 0 Å². The summed E-state index contributed by atoms with van der Waals surface area (Å²) in [4.78, 5) is 0. The van der Waals surface area contributed by atoms with Crippen LogP contribution in [0.5, 0.6) is 0 Å². The number of rotatable bonds is 4. The van der Waals surface area contributed by atoms with E-state index in [9.17, 15) is 15.8 Å². The van der Waals surface area contributed by atoms with Gasteiger partial charge in [-0.05, 0) is 83.4 Å². The highest BCUT2D eigenvalue weighted by molar-refractivity contribution is 6.11. The Kier molecular flexibility index (Phi) is 6.56. The summed E-state index contributed by atoms with van der Waals surface area (Å²) in [5.41, 5.74) is 11.8. The van der Waals surface area contributed by atoms with Gasteiger partial charge in [0.2, 0.25) is 0 Å². The summed E-state index contributed by atoms with van der Waals surface area (Å²) in [7, 11) is 0. The first-order valence-electron chi connectivity index (χ1n) is 16.3. The third kappa shape index (κ3) is 4.38. The van der Waals surface area contributed by atoms with Crippen molar-refractivity contribution in [2.24, 2.45) is 0 Å². The second-order valence-electron chi connectivity index (χ2n) is 12.3. The zero-order valence-electron chi connectivity index (χ0n) is 26.7. The van der Waals surface area contributed by atoms with Gasteiger partial charge >= 0.3 is 0 Å². The number of fused-ring (bicyclic) bond motifs is 6. The van der Waals surface area contributed by atoms with Crippen molar-refractivity contribution in [3.63, 3.8) is 0 Å². The highest BCUT2D eigenvalue weighted by Crippen LogP contribution is 2.41. The van der Waals surface area contributed by atoms with Crippen LogP contribution in [0.25, 0.3) is 77.2 Å². The van der Waals surface area contributed by atoms with Crippen molar-refractivity contribution in [1.29, 1.82) is 15.8 Å². The molecule has 50 heavy (non-hydrogen) atoms. The van der Waals surface area contributed by atoms with E-state index in [0.717, 1.165) is 77.2 Å². The summed E-state index contributed by atoms with van der Waals surface area (Å²) < 4.78 is 4.44. The average molecular weight is 636 g/mol. The Morgan fingerprint density at radius 2 is 0.940 bits per heavy atom. The smallest absolute Gasteiger partial charge is 0.0992 e. The predicted molar refractivity (Wildman–Crippen MR) is 200 cm³/mol. The molecule has 5 heteroatoms. The van der Waals surface area contributed by atoms with Crippen molar-refractivity contribution in [1.82, 2.24) is 9.13 Å². The molecule has 230 valence electrons. The number of benzene rings is 7. The first-order valence-corrected chi connectivity index (χ1v) is 16.3. The molecule has 0 spiro atoms. The molecule has 5 nitrogen and oxygen atoms in total. The van der Waals surface area contributed by atoms with E-state index in [-0.39, 0.29) is 0 Å². The van der Waals surface area contributed by atoms with Crippen LogP contribution in [0.4, 0.5) is 0 Å². The molecule has 0 unspecified atom stereocenters. The minimum atomic E-state index is 0.571. The highest BCUT2D eigenvalue weighted by Gasteiger charge is 2.19. The topological polar surface area (TPSA) is 81.2 Å². The second-order valence-corrected chi connectivity index (χ2v) is 12.3. The maximum Gasteiger partial charge on any atom is 0.0992 e. The number of aromatic nitrogens is 2. The summed E-state index contributed by atoms with van der Waals surface area (Å²) in [5.74, 6) is 0. The Hall–Kier alpha value is -7.39. The number of nitriles is 3. The molecule has 9 rings (SSSR count). The van der Waals surface area contributed by atoms with E-state index in [4.69, 9.17) is 0 Å².